The van der Waals surface area contributed by atoms with Crippen LogP contribution in [0.25, 0.3) is 11.1 Å². The third kappa shape index (κ3) is 4.93. The van der Waals surface area contributed by atoms with Crippen LogP contribution in [-0.4, -0.2) is 41.8 Å². The average molecular weight is 439 g/mol. The van der Waals surface area contributed by atoms with Crippen LogP contribution in [0.1, 0.15) is 50.7 Å². The lowest BCUT2D eigenvalue weighted by Crippen LogP contribution is -2.54. The van der Waals surface area contributed by atoms with Gasteiger partial charge in [0, 0.05) is 5.92 Å². The first kappa shape index (κ1) is 23.3. The van der Waals surface area contributed by atoms with Crippen LogP contribution >= 0.6 is 0 Å². The Morgan fingerprint density at radius 1 is 0.938 bits per heavy atom. The van der Waals surface area contributed by atoms with Gasteiger partial charge in [-0.1, -0.05) is 75.7 Å². The smallest absolute Gasteiger partial charge is 0.407 e. The number of fused-ring (bicyclic) bond motifs is 3. The lowest BCUT2D eigenvalue weighted by Gasteiger charge is -2.25. The molecule has 2 aromatic carbocycles. The number of hydrogen-bond donors (Lipinski definition) is 3. The first-order valence-corrected chi connectivity index (χ1v) is 11.0. The topological polar surface area (TPSA) is 105 Å². The summed E-state index contributed by atoms with van der Waals surface area (Å²) in [5.74, 6) is -1.91. The summed E-state index contributed by atoms with van der Waals surface area (Å²) in [6, 6.07) is 14.2. The molecule has 0 aliphatic heterocycles. The maximum absolute atomic E-state index is 12.7. The lowest BCUT2D eigenvalue weighted by molar-refractivity contribution is -0.142. The first-order valence-electron chi connectivity index (χ1n) is 11.0. The van der Waals surface area contributed by atoms with Crippen molar-refractivity contribution >= 4 is 18.0 Å². The molecule has 7 heteroatoms. The van der Waals surface area contributed by atoms with E-state index < -0.39 is 30.1 Å². The van der Waals surface area contributed by atoms with E-state index in [1.165, 1.54) is 0 Å². The second-order valence-electron chi connectivity index (χ2n) is 8.14. The summed E-state index contributed by atoms with van der Waals surface area (Å²) in [6.07, 6.45) is 0.181. The van der Waals surface area contributed by atoms with Crippen molar-refractivity contribution in [1.82, 2.24) is 10.6 Å². The molecule has 170 valence electrons. The number of carboxylic acids is 1. The third-order valence-corrected chi connectivity index (χ3v) is 6.14. The Morgan fingerprint density at radius 2 is 1.50 bits per heavy atom. The number of rotatable bonds is 9. The second-order valence-corrected chi connectivity index (χ2v) is 8.14. The highest BCUT2D eigenvalue weighted by molar-refractivity contribution is 5.89. The van der Waals surface area contributed by atoms with Crippen LogP contribution in [0, 0.1) is 5.92 Å². The second kappa shape index (κ2) is 10.3. The Morgan fingerprint density at radius 3 is 2.00 bits per heavy atom. The molecule has 7 nitrogen and oxygen atoms in total. The summed E-state index contributed by atoms with van der Waals surface area (Å²) in [6.45, 7) is 5.55. The molecule has 32 heavy (non-hydrogen) atoms. The average Bonchev–Trinajstić information content (AvgIpc) is 3.12. The van der Waals surface area contributed by atoms with E-state index >= 15 is 0 Å². The number of benzene rings is 2. The zero-order valence-electron chi connectivity index (χ0n) is 18.6. The molecule has 0 radical (unpaired) electrons. The van der Waals surface area contributed by atoms with Crippen LogP contribution in [-0.2, 0) is 14.3 Å². The number of amides is 2. The maximum atomic E-state index is 12.7. The monoisotopic (exact) mass is 438 g/mol. The Kier molecular flexibility index (Phi) is 7.51. The summed E-state index contributed by atoms with van der Waals surface area (Å²) < 4.78 is 5.55. The molecule has 0 bridgehead atoms. The molecule has 0 saturated heterocycles. The van der Waals surface area contributed by atoms with Crippen LogP contribution in [0.3, 0.4) is 0 Å². The van der Waals surface area contributed by atoms with Crippen molar-refractivity contribution in [2.45, 2.75) is 51.6 Å². The van der Waals surface area contributed by atoms with E-state index in [1.807, 2.05) is 50.2 Å². The van der Waals surface area contributed by atoms with Crippen molar-refractivity contribution in [3.8, 4) is 11.1 Å². The van der Waals surface area contributed by atoms with Gasteiger partial charge in [-0.2, -0.15) is 0 Å². The molecule has 0 aromatic heterocycles. The van der Waals surface area contributed by atoms with Crippen molar-refractivity contribution in [3.05, 3.63) is 59.7 Å². The van der Waals surface area contributed by atoms with Gasteiger partial charge in [0.25, 0.3) is 0 Å². The molecular formula is C25H30N2O5. The number of hydrogen-bond acceptors (Lipinski definition) is 4. The van der Waals surface area contributed by atoms with E-state index in [-0.39, 0.29) is 24.9 Å². The van der Waals surface area contributed by atoms with E-state index in [0.717, 1.165) is 22.3 Å². The van der Waals surface area contributed by atoms with Crippen molar-refractivity contribution in [1.29, 1.82) is 0 Å². The Balaban J connectivity index is 1.68. The lowest BCUT2D eigenvalue weighted by atomic mass is 9.98. The fourth-order valence-electron chi connectivity index (χ4n) is 4.07. The summed E-state index contributed by atoms with van der Waals surface area (Å²) >= 11 is 0. The molecule has 0 heterocycles. The fourth-order valence-corrected chi connectivity index (χ4v) is 4.07. The van der Waals surface area contributed by atoms with E-state index in [0.29, 0.717) is 6.42 Å². The van der Waals surface area contributed by atoms with Crippen molar-refractivity contribution in [2.75, 3.05) is 6.61 Å². The molecule has 3 N–H and O–H groups in total. The normalized spacial score (nSPS) is 15.1. The minimum absolute atomic E-state index is 0.0829. The Hall–Kier alpha value is -3.35. The van der Waals surface area contributed by atoms with Gasteiger partial charge in [-0.05, 0) is 34.6 Å². The van der Waals surface area contributed by atoms with E-state index in [4.69, 9.17) is 4.74 Å². The molecule has 3 rings (SSSR count). The van der Waals surface area contributed by atoms with E-state index in [1.54, 1.807) is 6.92 Å². The molecule has 2 amide bonds. The Labute approximate surface area is 188 Å². The molecular weight excluding hydrogens is 408 g/mol. The highest BCUT2D eigenvalue weighted by atomic mass is 16.5. The van der Waals surface area contributed by atoms with Gasteiger partial charge < -0.3 is 20.5 Å². The Bertz CT molecular complexity index is 944. The predicted molar refractivity (Wildman–Crippen MR) is 121 cm³/mol. The van der Waals surface area contributed by atoms with Gasteiger partial charge in [-0.15, -0.1) is 0 Å². The molecule has 0 saturated carbocycles. The summed E-state index contributed by atoms with van der Waals surface area (Å²) in [7, 11) is 0. The van der Waals surface area contributed by atoms with Crippen LogP contribution < -0.4 is 10.6 Å². The van der Waals surface area contributed by atoms with E-state index in [2.05, 4.69) is 22.8 Å². The van der Waals surface area contributed by atoms with Crippen LogP contribution in [0.4, 0.5) is 4.79 Å². The zero-order valence-corrected chi connectivity index (χ0v) is 18.6. The number of nitrogens with one attached hydrogen (secondary N) is 2. The predicted octanol–water partition coefficient (Wildman–Crippen LogP) is 3.92. The minimum atomic E-state index is -1.11. The number of ether oxygens (including phenoxy) is 1. The standard InChI is InChI=1S/C25H30N2O5/c1-4-15(3)22(23(28)26-21(5-2)24(29)30)27-25(31)32-14-20-18-12-8-6-10-16(18)17-11-7-9-13-19(17)20/h6-13,15,20-22H,4-5,14H2,1-3H3,(H,26,28)(H,27,31)(H,29,30)/t15?,21-,22?/m1/s1. The highest BCUT2D eigenvalue weighted by Gasteiger charge is 2.32. The van der Waals surface area contributed by atoms with Gasteiger partial charge in [0.05, 0.1) is 0 Å². The number of carbonyl (C=O) groups excluding carboxylic acids is 2. The van der Waals surface area contributed by atoms with E-state index in [9.17, 15) is 19.5 Å². The van der Waals surface area contributed by atoms with Gasteiger partial charge >= 0.3 is 12.1 Å². The van der Waals surface area contributed by atoms with Gasteiger partial charge in [0.15, 0.2) is 0 Å². The van der Waals surface area contributed by atoms with Gasteiger partial charge in [-0.3, -0.25) is 4.79 Å². The van der Waals surface area contributed by atoms with Crippen LogP contribution in [0.15, 0.2) is 48.5 Å². The van der Waals surface area contributed by atoms with Crippen LogP contribution in [0.5, 0.6) is 0 Å². The minimum Gasteiger partial charge on any atom is -0.480 e. The third-order valence-electron chi connectivity index (χ3n) is 6.14. The fraction of sp³-hybridized carbons (Fsp3) is 0.400. The zero-order chi connectivity index (χ0) is 23.3. The molecule has 1 aliphatic rings. The van der Waals surface area contributed by atoms with Crippen molar-refractivity contribution < 1.29 is 24.2 Å². The molecule has 3 atom stereocenters. The number of carbonyl (C=O) groups is 3. The maximum Gasteiger partial charge on any atom is 0.407 e. The quantitative estimate of drug-likeness (QED) is 0.550. The molecule has 0 spiro atoms. The summed E-state index contributed by atoms with van der Waals surface area (Å²) in [5, 5.41) is 14.4. The SMILES string of the molecule is CCC(C)C(NC(=O)OCC1c2ccccc2-c2ccccc21)C(=O)N[C@H](CC)C(=O)O. The number of carboxylic acid groups (broad SMARTS) is 1. The van der Waals surface area contributed by atoms with Gasteiger partial charge in [-0.25, -0.2) is 9.59 Å². The highest BCUT2D eigenvalue weighted by Crippen LogP contribution is 2.44. The molecule has 2 aromatic rings. The van der Waals surface area contributed by atoms with Gasteiger partial charge in [0.1, 0.15) is 18.7 Å². The van der Waals surface area contributed by atoms with Crippen molar-refractivity contribution in [3.63, 3.8) is 0 Å². The molecule has 0 fully saturated rings. The molecule has 1 aliphatic carbocycles. The summed E-state index contributed by atoms with van der Waals surface area (Å²) in [4.78, 5) is 36.6. The first-order chi connectivity index (χ1) is 15.4. The largest absolute Gasteiger partial charge is 0.480 e. The van der Waals surface area contributed by atoms with Gasteiger partial charge in [0.2, 0.25) is 5.91 Å². The van der Waals surface area contributed by atoms with Crippen LogP contribution in [0.2, 0.25) is 0 Å². The summed E-state index contributed by atoms with van der Waals surface area (Å²) in [5.41, 5.74) is 4.47. The number of aliphatic carboxylic acids is 1. The molecule has 2 unspecified atom stereocenters. The van der Waals surface area contributed by atoms with Crippen molar-refractivity contribution in [2.24, 2.45) is 5.92 Å². The number of alkyl carbamates (subject to hydrolysis) is 1.